The number of rotatable bonds is 3. The maximum Gasteiger partial charge on any atom is 0.124 e. The Hall–Kier alpha value is -1.48. The minimum Gasteiger partial charge on any atom is -0.319 e. The summed E-state index contributed by atoms with van der Waals surface area (Å²) in [5.74, 6) is -0.315. The van der Waals surface area contributed by atoms with Crippen LogP contribution in [0.3, 0.4) is 0 Å². The van der Waals surface area contributed by atoms with E-state index in [2.05, 4.69) is 5.43 Å². The van der Waals surface area contributed by atoms with E-state index >= 15 is 0 Å². The molecule has 0 aliphatic heterocycles. The van der Waals surface area contributed by atoms with Crippen molar-refractivity contribution in [1.29, 1.82) is 0 Å². The van der Waals surface area contributed by atoms with Gasteiger partial charge < -0.3 is 5.43 Å². The molecule has 0 saturated carbocycles. The number of hydrogen-bond acceptors (Lipinski definition) is 1. The Morgan fingerprint density at radius 1 is 1.17 bits per heavy atom. The van der Waals surface area contributed by atoms with E-state index in [4.69, 9.17) is 11.6 Å². The molecule has 4 heteroatoms. The van der Waals surface area contributed by atoms with E-state index in [0.29, 0.717) is 5.02 Å². The van der Waals surface area contributed by atoms with Gasteiger partial charge in [0.25, 0.3) is 0 Å². The Labute approximate surface area is 111 Å². The lowest BCUT2D eigenvalue weighted by Crippen LogP contribution is -2.21. The summed E-state index contributed by atoms with van der Waals surface area (Å²) < 4.78 is 15.0. The summed E-state index contributed by atoms with van der Waals surface area (Å²) >= 11 is 6.05. The van der Waals surface area contributed by atoms with Crippen LogP contribution in [-0.2, 0) is 0 Å². The van der Waals surface area contributed by atoms with Crippen LogP contribution >= 0.6 is 11.6 Å². The first kappa shape index (κ1) is 13.0. The highest BCUT2D eigenvalue weighted by atomic mass is 35.5. The van der Waals surface area contributed by atoms with Crippen LogP contribution in [0, 0.1) is 19.7 Å². The average molecular weight is 267 g/mol. The van der Waals surface area contributed by atoms with Gasteiger partial charge in [0, 0.05) is 16.4 Å². The fourth-order valence-electron chi connectivity index (χ4n) is 1.99. The highest BCUT2D eigenvalue weighted by molar-refractivity contribution is 6.31. The van der Waals surface area contributed by atoms with Gasteiger partial charge in [0.1, 0.15) is 5.82 Å². The van der Waals surface area contributed by atoms with Crippen LogP contribution in [0.1, 0.15) is 29.9 Å². The first-order chi connectivity index (χ1) is 8.49. The zero-order valence-corrected chi connectivity index (χ0v) is 11.4. The van der Waals surface area contributed by atoms with Gasteiger partial charge in [-0.05, 0) is 50.6 Å². The topological polar surface area (TPSA) is 17.0 Å². The zero-order valence-electron chi connectivity index (χ0n) is 10.7. The summed E-state index contributed by atoms with van der Waals surface area (Å²) in [6, 6.07) is 8.56. The second kappa shape index (κ2) is 5.02. The normalized spacial score (nSPS) is 12.5. The molecule has 1 N–H and O–H groups in total. The zero-order chi connectivity index (χ0) is 13.3. The summed E-state index contributed by atoms with van der Waals surface area (Å²) in [4.78, 5) is 0. The Morgan fingerprint density at radius 3 is 2.33 bits per heavy atom. The molecule has 1 heterocycles. The summed E-state index contributed by atoms with van der Waals surface area (Å²) in [5, 5.41) is 0.442. The third kappa shape index (κ3) is 2.51. The third-order valence-electron chi connectivity index (χ3n) is 3.02. The predicted molar refractivity (Wildman–Crippen MR) is 73.1 cm³/mol. The maximum absolute atomic E-state index is 13.0. The minimum absolute atomic E-state index is 0.00269. The van der Waals surface area contributed by atoms with Crippen LogP contribution in [0.4, 0.5) is 4.39 Å². The number of aromatic nitrogens is 1. The molecule has 0 bridgehead atoms. The molecule has 0 radical (unpaired) electrons. The quantitative estimate of drug-likeness (QED) is 0.881. The number of nitrogens with one attached hydrogen (secondary N) is 1. The van der Waals surface area contributed by atoms with Crippen molar-refractivity contribution in [2.45, 2.75) is 26.8 Å². The Morgan fingerprint density at radius 2 is 1.78 bits per heavy atom. The molecular weight excluding hydrogens is 251 g/mol. The van der Waals surface area contributed by atoms with Crippen molar-refractivity contribution in [2.75, 3.05) is 5.43 Å². The van der Waals surface area contributed by atoms with Crippen molar-refractivity contribution in [3.8, 4) is 0 Å². The number of benzene rings is 1. The van der Waals surface area contributed by atoms with E-state index in [9.17, 15) is 4.39 Å². The van der Waals surface area contributed by atoms with Crippen LogP contribution in [0.2, 0.25) is 5.02 Å². The number of nitrogens with zero attached hydrogens (tertiary/aromatic N) is 1. The second-order valence-corrected chi connectivity index (χ2v) is 4.88. The van der Waals surface area contributed by atoms with Gasteiger partial charge in [-0.1, -0.05) is 17.7 Å². The standard InChI is InChI=1S/C14H16ClFN2/c1-9-4-5-10(2)18(9)17-11(3)13-7-6-12(16)8-14(13)15/h4-8,11,17H,1-3H3. The Kier molecular flexibility index (Phi) is 3.62. The molecular formula is C14H16ClFN2. The monoisotopic (exact) mass is 266 g/mol. The Balaban J connectivity index is 2.24. The molecule has 1 unspecified atom stereocenters. The van der Waals surface area contributed by atoms with Gasteiger partial charge in [-0.3, -0.25) is 4.68 Å². The molecule has 0 amide bonds. The van der Waals surface area contributed by atoms with Gasteiger partial charge in [0.2, 0.25) is 0 Å². The van der Waals surface area contributed by atoms with E-state index in [1.54, 1.807) is 6.07 Å². The number of aryl methyl sites for hydroxylation is 2. The van der Waals surface area contributed by atoms with E-state index < -0.39 is 0 Å². The van der Waals surface area contributed by atoms with E-state index in [-0.39, 0.29) is 11.9 Å². The fraction of sp³-hybridized carbons (Fsp3) is 0.286. The van der Waals surface area contributed by atoms with Crippen LogP contribution in [0.15, 0.2) is 30.3 Å². The molecule has 2 rings (SSSR count). The molecule has 0 aliphatic carbocycles. The molecule has 2 nitrogen and oxygen atoms in total. The molecule has 18 heavy (non-hydrogen) atoms. The largest absolute Gasteiger partial charge is 0.319 e. The van der Waals surface area contributed by atoms with Gasteiger partial charge in [0.15, 0.2) is 0 Å². The van der Waals surface area contributed by atoms with Crippen molar-refractivity contribution in [1.82, 2.24) is 4.68 Å². The first-order valence-electron chi connectivity index (χ1n) is 5.85. The summed E-state index contributed by atoms with van der Waals surface area (Å²) in [5.41, 5.74) is 6.47. The second-order valence-electron chi connectivity index (χ2n) is 4.47. The highest BCUT2D eigenvalue weighted by Gasteiger charge is 2.11. The molecule has 0 aliphatic rings. The molecule has 1 aromatic heterocycles. The number of hydrogen-bond donors (Lipinski definition) is 1. The van der Waals surface area contributed by atoms with Crippen LogP contribution in [0.5, 0.6) is 0 Å². The molecule has 1 aromatic carbocycles. The first-order valence-corrected chi connectivity index (χ1v) is 6.23. The molecule has 2 aromatic rings. The summed E-state index contributed by atoms with van der Waals surface area (Å²) in [7, 11) is 0. The van der Waals surface area contributed by atoms with Crippen molar-refractivity contribution >= 4 is 11.6 Å². The molecule has 0 spiro atoms. The molecule has 96 valence electrons. The number of halogens is 2. The third-order valence-corrected chi connectivity index (χ3v) is 3.35. The van der Waals surface area contributed by atoms with Gasteiger partial charge in [-0.2, -0.15) is 0 Å². The lowest BCUT2D eigenvalue weighted by Gasteiger charge is -2.20. The highest BCUT2D eigenvalue weighted by Crippen LogP contribution is 2.24. The van der Waals surface area contributed by atoms with Crippen LogP contribution in [-0.4, -0.2) is 4.68 Å². The molecule has 0 fully saturated rings. The lowest BCUT2D eigenvalue weighted by molar-refractivity contribution is 0.625. The average Bonchev–Trinajstić information content (AvgIpc) is 2.60. The van der Waals surface area contributed by atoms with Crippen LogP contribution in [0.25, 0.3) is 0 Å². The van der Waals surface area contributed by atoms with Gasteiger partial charge in [-0.25, -0.2) is 4.39 Å². The minimum atomic E-state index is -0.315. The predicted octanol–water partition coefficient (Wildman–Crippen LogP) is 4.20. The van der Waals surface area contributed by atoms with E-state index in [0.717, 1.165) is 17.0 Å². The van der Waals surface area contributed by atoms with Crippen molar-refractivity contribution in [3.05, 3.63) is 58.1 Å². The SMILES string of the molecule is Cc1ccc(C)n1NC(C)c1ccc(F)cc1Cl. The van der Waals surface area contributed by atoms with Gasteiger partial charge in [0.05, 0.1) is 6.04 Å². The lowest BCUT2D eigenvalue weighted by atomic mass is 10.1. The van der Waals surface area contributed by atoms with Crippen molar-refractivity contribution < 1.29 is 4.39 Å². The Bertz CT molecular complexity index is 543. The van der Waals surface area contributed by atoms with Crippen LogP contribution < -0.4 is 5.43 Å². The van der Waals surface area contributed by atoms with Gasteiger partial charge in [-0.15, -0.1) is 0 Å². The molecule has 1 atom stereocenters. The van der Waals surface area contributed by atoms with Crippen molar-refractivity contribution in [3.63, 3.8) is 0 Å². The van der Waals surface area contributed by atoms with E-state index in [1.807, 2.05) is 37.6 Å². The smallest absolute Gasteiger partial charge is 0.124 e. The molecule has 0 saturated heterocycles. The van der Waals surface area contributed by atoms with Gasteiger partial charge >= 0.3 is 0 Å². The maximum atomic E-state index is 13.0. The summed E-state index contributed by atoms with van der Waals surface area (Å²) in [6.07, 6.45) is 0. The van der Waals surface area contributed by atoms with E-state index in [1.165, 1.54) is 12.1 Å². The van der Waals surface area contributed by atoms with Crippen molar-refractivity contribution in [2.24, 2.45) is 0 Å². The summed E-state index contributed by atoms with van der Waals surface area (Å²) in [6.45, 7) is 6.05. The fourth-order valence-corrected chi connectivity index (χ4v) is 2.32.